The normalized spacial score (nSPS) is 16.4. The van der Waals surface area contributed by atoms with E-state index in [1.165, 1.54) is 0 Å². The van der Waals surface area contributed by atoms with Crippen LogP contribution in [-0.2, 0) is 11.3 Å². The Labute approximate surface area is 145 Å². The molecule has 0 bridgehead atoms. The second-order valence-electron chi connectivity index (χ2n) is 5.99. The van der Waals surface area contributed by atoms with Crippen molar-refractivity contribution in [1.82, 2.24) is 14.9 Å². The maximum atomic E-state index is 12.4. The second kappa shape index (κ2) is 6.57. The van der Waals surface area contributed by atoms with Gasteiger partial charge in [-0.05, 0) is 36.4 Å². The van der Waals surface area contributed by atoms with Gasteiger partial charge in [-0.1, -0.05) is 12.1 Å². The smallest absolute Gasteiger partial charge is 0.251 e. The third-order valence-corrected chi connectivity index (χ3v) is 4.43. The minimum Gasteiger partial charge on any atom is -0.497 e. The highest BCUT2D eigenvalue weighted by Crippen LogP contribution is 2.25. The van der Waals surface area contributed by atoms with Crippen molar-refractivity contribution in [3.05, 3.63) is 59.9 Å². The minimum absolute atomic E-state index is 0.0262. The Hall–Kier alpha value is -2.86. The van der Waals surface area contributed by atoms with E-state index < -0.39 is 0 Å². The number of benzene rings is 2. The lowest BCUT2D eigenvalue weighted by atomic mass is 10.2. The Morgan fingerprint density at radius 3 is 2.88 bits per heavy atom. The van der Waals surface area contributed by atoms with Crippen LogP contribution >= 0.6 is 0 Å². The summed E-state index contributed by atoms with van der Waals surface area (Å²) >= 11 is 0. The van der Waals surface area contributed by atoms with Gasteiger partial charge in [0.1, 0.15) is 18.2 Å². The number of nitrogens with zero attached hydrogens (tertiary/aromatic N) is 2. The van der Waals surface area contributed by atoms with Crippen molar-refractivity contribution in [2.45, 2.75) is 12.6 Å². The standard InChI is InChI=1S/C19H19N3O3/c1-24-15-8-6-13(7-9-15)19(23)20-10-14-11-25-12-18-21-16-4-2-3-5-17(16)22(14)18/h2-9,14H,10-12H2,1H3,(H,20,23)/t14-/m0/s1. The Bertz CT molecular complexity index is 902. The van der Waals surface area contributed by atoms with E-state index in [0.29, 0.717) is 25.3 Å². The van der Waals surface area contributed by atoms with Crippen molar-refractivity contribution in [2.24, 2.45) is 0 Å². The van der Waals surface area contributed by atoms with Crippen molar-refractivity contribution in [1.29, 1.82) is 0 Å². The number of nitrogens with one attached hydrogen (secondary N) is 1. The van der Waals surface area contributed by atoms with Gasteiger partial charge in [0, 0.05) is 12.1 Å². The van der Waals surface area contributed by atoms with Crippen LogP contribution in [0.1, 0.15) is 22.2 Å². The van der Waals surface area contributed by atoms with Gasteiger partial charge in [-0.25, -0.2) is 4.98 Å². The van der Waals surface area contributed by atoms with Gasteiger partial charge in [0.15, 0.2) is 0 Å². The van der Waals surface area contributed by atoms with E-state index in [0.717, 1.165) is 22.6 Å². The van der Waals surface area contributed by atoms with Crippen LogP contribution in [0.4, 0.5) is 0 Å². The lowest BCUT2D eigenvalue weighted by Gasteiger charge is -2.26. The summed E-state index contributed by atoms with van der Waals surface area (Å²) in [6.45, 7) is 1.53. The Morgan fingerprint density at radius 1 is 1.28 bits per heavy atom. The molecule has 1 atom stereocenters. The van der Waals surface area contributed by atoms with Gasteiger partial charge in [0.05, 0.1) is 30.8 Å². The molecule has 1 aliphatic rings. The molecular formula is C19H19N3O3. The zero-order valence-corrected chi connectivity index (χ0v) is 13.9. The highest BCUT2D eigenvalue weighted by molar-refractivity contribution is 5.94. The van der Waals surface area contributed by atoms with Crippen LogP contribution in [0.15, 0.2) is 48.5 Å². The molecule has 1 N–H and O–H groups in total. The molecule has 128 valence electrons. The fraction of sp³-hybridized carbons (Fsp3) is 0.263. The number of para-hydroxylation sites is 2. The van der Waals surface area contributed by atoms with E-state index in [-0.39, 0.29) is 11.9 Å². The molecule has 25 heavy (non-hydrogen) atoms. The van der Waals surface area contributed by atoms with Crippen molar-refractivity contribution < 1.29 is 14.3 Å². The summed E-state index contributed by atoms with van der Waals surface area (Å²) in [4.78, 5) is 17.0. The van der Waals surface area contributed by atoms with Crippen LogP contribution in [0.25, 0.3) is 11.0 Å². The second-order valence-corrected chi connectivity index (χ2v) is 5.99. The van der Waals surface area contributed by atoms with E-state index in [4.69, 9.17) is 9.47 Å². The zero-order chi connectivity index (χ0) is 17.2. The number of rotatable bonds is 4. The summed E-state index contributed by atoms with van der Waals surface area (Å²) in [5, 5.41) is 2.99. The molecular weight excluding hydrogens is 318 g/mol. The molecule has 0 saturated heterocycles. The number of methoxy groups -OCH3 is 1. The first-order valence-corrected chi connectivity index (χ1v) is 8.22. The van der Waals surface area contributed by atoms with Crippen LogP contribution < -0.4 is 10.1 Å². The number of carbonyl (C=O) groups is 1. The summed E-state index contributed by atoms with van der Waals surface area (Å²) in [7, 11) is 1.60. The van der Waals surface area contributed by atoms with Crippen LogP contribution in [0.3, 0.4) is 0 Å². The summed E-state index contributed by atoms with van der Waals surface area (Å²) in [6.07, 6.45) is 0. The van der Waals surface area contributed by atoms with E-state index in [9.17, 15) is 4.79 Å². The number of fused-ring (bicyclic) bond motifs is 3. The first-order valence-electron chi connectivity index (χ1n) is 8.22. The molecule has 6 heteroatoms. The first-order chi connectivity index (χ1) is 12.3. The number of aromatic nitrogens is 2. The molecule has 0 spiro atoms. The lowest BCUT2D eigenvalue weighted by Crippen LogP contribution is -2.35. The van der Waals surface area contributed by atoms with E-state index >= 15 is 0 Å². The molecule has 2 heterocycles. The number of ether oxygens (including phenoxy) is 2. The molecule has 1 aromatic heterocycles. The fourth-order valence-corrected chi connectivity index (χ4v) is 3.17. The average molecular weight is 337 g/mol. The highest BCUT2D eigenvalue weighted by atomic mass is 16.5. The SMILES string of the molecule is COc1ccc(C(=O)NC[C@H]2COCc3nc4ccccc4n32)cc1. The van der Waals surface area contributed by atoms with E-state index in [1.54, 1.807) is 31.4 Å². The molecule has 1 aliphatic heterocycles. The zero-order valence-electron chi connectivity index (χ0n) is 13.9. The van der Waals surface area contributed by atoms with E-state index in [2.05, 4.69) is 20.9 Å². The van der Waals surface area contributed by atoms with Gasteiger partial charge >= 0.3 is 0 Å². The van der Waals surface area contributed by atoms with Crippen molar-refractivity contribution in [2.75, 3.05) is 20.3 Å². The number of hydrogen-bond acceptors (Lipinski definition) is 4. The third kappa shape index (κ3) is 2.96. The Morgan fingerprint density at radius 2 is 2.08 bits per heavy atom. The van der Waals surface area contributed by atoms with Gasteiger partial charge in [0.2, 0.25) is 0 Å². The van der Waals surface area contributed by atoms with Gasteiger partial charge in [-0.15, -0.1) is 0 Å². The molecule has 0 fully saturated rings. The highest BCUT2D eigenvalue weighted by Gasteiger charge is 2.24. The molecule has 4 rings (SSSR count). The minimum atomic E-state index is -0.112. The number of imidazole rings is 1. The van der Waals surface area contributed by atoms with Crippen LogP contribution in [0, 0.1) is 0 Å². The Kier molecular flexibility index (Phi) is 4.11. The van der Waals surface area contributed by atoms with Gasteiger partial charge in [0.25, 0.3) is 5.91 Å². The molecule has 0 saturated carbocycles. The summed E-state index contributed by atoms with van der Waals surface area (Å²) in [5.74, 6) is 1.52. The molecule has 0 aliphatic carbocycles. The van der Waals surface area contributed by atoms with Gasteiger partial charge < -0.3 is 19.4 Å². The largest absolute Gasteiger partial charge is 0.497 e. The summed E-state index contributed by atoms with van der Waals surface area (Å²) in [5.41, 5.74) is 2.63. The van der Waals surface area contributed by atoms with Crippen molar-refractivity contribution in [3.8, 4) is 5.75 Å². The molecule has 6 nitrogen and oxygen atoms in total. The van der Waals surface area contributed by atoms with Crippen LogP contribution in [0.2, 0.25) is 0 Å². The van der Waals surface area contributed by atoms with E-state index in [1.807, 2.05) is 18.2 Å². The topological polar surface area (TPSA) is 65.4 Å². The predicted molar refractivity (Wildman–Crippen MR) is 93.8 cm³/mol. The first kappa shape index (κ1) is 15.7. The average Bonchev–Trinajstić information content (AvgIpc) is 3.05. The van der Waals surface area contributed by atoms with Crippen LogP contribution in [-0.4, -0.2) is 35.7 Å². The molecule has 0 unspecified atom stereocenters. The molecule has 3 aromatic rings. The summed E-state index contributed by atoms with van der Waals surface area (Å²) < 4.78 is 12.9. The van der Waals surface area contributed by atoms with Crippen LogP contribution in [0.5, 0.6) is 5.75 Å². The van der Waals surface area contributed by atoms with Crippen molar-refractivity contribution in [3.63, 3.8) is 0 Å². The van der Waals surface area contributed by atoms with Gasteiger partial charge in [-0.3, -0.25) is 4.79 Å². The number of hydrogen-bond donors (Lipinski definition) is 1. The fourth-order valence-electron chi connectivity index (χ4n) is 3.17. The quantitative estimate of drug-likeness (QED) is 0.795. The number of carbonyl (C=O) groups excluding carboxylic acids is 1. The molecule has 0 radical (unpaired) electrons. The molecule has 2 aromatic carbocycles. The third-order valence-electron chi connectivity index (χ3n) is 4.43. The van der Waals surface area contributed by atoms with Crippen molar-refractivity contribution >= 4 is 16.9 Å². The summed E-state index contributed by atoms with van der Waals surface area (Å²) in [6, 6.07) is 15.1. The monoisotopic (exact) mass is 337 g/mol. The lowest BCUT2D eigenvalue weighted by molar-refractivity contribution is 0.0553. The number of amides is 1. The Balaban J connectivity index is 1.51. The molecule has 1 amide bonds. The van der Waals surface area contributed by atoms with Gasteiger partial charge in [-0.2, -0.15) is 0 Å². The predicted octanol–water partition coefficient (Wildman–Crippen LogP) is 2.55. The maximum absolute atomic E-state index is 12.4. The maximum Gasteiger partial charge on any atom is 0.251 e.